The molecule has 0 aliphatic heterocycles. The summed E-state index contributed by atoms with van der Waals surface area (Å²) in [5.74, 6) is -0.687. The molecule has 0 fully saturated rings. The molecule has 0 aliphatic carbocycles. The molecule has 1 heterocycles. The highest BCUT2D eigenvalue weighted by atomic mass is 16.2. The van der Waals surface area contributed by atoms with Crippen molar-refractivity contribution in [2.45, 2.75) is 20.4 Å². The van der Waals surface area contributed by atoms with Crippen LogP contribution in [0.2, 0.25) is 0 Å². The van der Waals surface area contributed by atoms with Gasteiger partial charge in [-0.05, 0) is 31.5 Å². The molecule has 0 unspecified atom stereocenters. The highest BCUT2D eigenvalue weighted by Crippen LogP contribution is 2.16. The van der Waals surface area contributed by atoms with E-state index in [1.165, 1.54) is 0 Å². The van der Waals surface area contributed by atoms with Crippen LogP contribution in [-0.2, 0) is 6.54 Å². The SMILES string of the molecule is Cc1ccc(CNC(=O)c2ccccc2NC(=O)c2n[nH]nc2C)cc1. The first-order chi connectivity index (χ1) is 12.5. The second-order valence-electron chi connectivity index (χ2n) is 5.93. The molecule has 0 atom stereocenters. The molecule has 3 aromatic rings. The maximum atomic E-state index is 12.5. The fourth-order valence-corrected chi connectivity index (χ4v) is 2.45. The van der Waals surface area contributed by atoms with Gasteiger partial charge in [-0.3, -0.25) is 9.59 Å². The molecule has 2 aromatic carbocycles. The van der Waals surface area contributed by atoms with E-state index in [4.69, 9.17) is 0 Å². The summed E-state index contributed by atoms with van der Waals surface area (Å²) < 4.78 is 0. The highest BCUT2D eigenvalue weighted by Gasteiger charge is 2.17. The molecule has 132 valence electrons. The number of hydrogen-bond donors (Lipinski definition) is 3. The number of aromatic amines is 1. The van der Waals surface area contributed by atoms with E-state index in [0.717, 1.165) is 11.1 Å². The number of aryl methyl sites for hydroxylation is 2. The fraction of sp³-hybridized carbons (Fsp3) is 0.158. The molecule has 0 saturated heterocycles. The van der Waals surface area contributed by atoms with Crippen molar-refractivity contribution in [2.24, 2.45) is 0 Å². The van der Waals surface area contributed by atoms with Crippen molar-refractivity contribution in [3.63, 3.8) is 0 Å². The number of amides is 2. The molecule has 7 heteroatoms. The third-order valence-electron chi connectivity index (χ3n) is 3.93. The van der Waals surface area contributed by atoms with Crippen molar-refractivity contribution in [1.29, 1.82) is 0 Å². The van der Waals surface area contributed by atoms with Gasteiger partial charge in [-0.2, -0.15) is 15.4 Å². The van der Waals surface area contributed by atoms with Gasteiger partial charge in [0.1, 0.15) is 0 Å². The van der Waals surface area contributed by atoms with Gasteiger partial charge in [-0.25, -0.2) is 0 Å². The van der Waals surface area contributed by atoms with E-state index in [-0.39, 0.29) is 11.6 Å². The first-order valence-electron chi connectivity index (χ1n) is 8.16. The number of H-pyrrole nitrogens is 1. The molecule has 26 heavy (non-hydrogen) atoms. The molecule has 0 aliphatic rings. The van der Waals surface area contributed by atoms with Gasteiger partial charge in [0.05, 0.1) is 16.9 Å². The minimum absolute atomic E-state index is 0.194. The molecule has 0 radical (unpaired) electrons. The lowest BCUT2D eigenvalue weighted by Crippen LogP contribution is -2.25. The molecule has 1 aromatic heterocycles. The van der Waals surface area contributed by atoms with E-state index < -0.39 is 5.91 Å². The molecule has 0 saturated carbocycles. The van der Waals surface area contributed by atoms with Crippen molar-refractivity contribution < 1.29 is 9.59 Å². The molecule has 3 N–H and O–H groups in total. The lowest BCUT2D eigenvalue weighted by atomic mass is 10.1. The average molecular weight is 349 g/mol. The largest absolute Gasteiger partial charge is 0.348 e. The zero-order valence-electron chi connectivity index (χ0n) is 14.5. The van der Waals surface area contributed by atoms with Gasteiger partial charge >= 0.3 is 0 Å². The fourth-order valence-electron chi connectivity index (χ4n) is 2.45. The Morgan fingerprint density at radius 1 is 0.962 bits per heavy atom. The standard InChI is InChI=1S/C19H19N5O2/c1-12-7-9-14(10-8-12)11-20-18(25)15-5-3-4-6-16(15)21-19(26)17-13(2)22-24-23-17/h3-10H,11H2,1-2H3,(H,20,25)(H,21,26)(H,22,23,24). The van der Waals surface area contributed by atoms with Gasteiger partial charge in [-0.15, -0.1) is 0 Å². The maximum absolute atomic E-state index is 12.5. The minimum atomic E-state index is -0.421. The normalized spacial score (nSPS) is 10.4. The molecule has 2 amide bonds. The molecule has 0 spiro atoms. The van der Waals surface area contributed by atoms with E-state index in [2.05, 4.69) is 26.0 Å². The van der Waals surface area contributed by atoms with Crippen molar-refractivity contribution in [3.05, 3.63) is 76.6 Å². The Hall–Kier alpha value is -3.48. The van der Waals surface area contributed by atoms with Crippen LogP contribution in [0.4, 0.5) is 5.69 Å². The van der Waals surface area contributed by atoms with Crippen LogP contribution in [0.3, 0.4) is 0 Å². The molecule has 7 nitrogen and oxygen atoms in total. The van der Waals surface area contributed by atoms with E-state index >= 15 is 0 Å². The smallest absolute Gasteiger partial charge is 0.278 e. The molecule has 3 rings (SSSR count). The minimum Gasteiger partial charge on any atom is -0.348 e. The monoisotopic (exact) mass is 349 g/mol. The number of hydrogen-bond acceptors (Lipinski definition) is 4. The Kier molecular flexibility index (Phi) is 5.07. The van der Waals surface area contributed by atoms with E-state index in [9.17, 15) is 9.59 Å². The number of anilines is 1. The Balaban J connectivity index is 1.71. The Bertz CT molecular complexity index is 931. The number of aromatic nitrogens is 3. The second-order valence-corrected chi connectivity index (χ2v) is 5.93. The van der Waals surface area contributed by atoms with Gasteiger partial charge in [0, 0.05) is 6.54 Å². The number of rotatable bonds is 5. The van der Waals surface area contributed by atoms with Gasteiger partial charge in [0.15, 0.2) is 5.69 Å². The van der Waals surface area contributed by atoms with Crippen molar-refractivity contribution in [1.82, 2.24) is 20.7 Å². The maximum Gasteiger partial charge on any atom is 0.278 e. The van der Waals surface area contributed by atoms with Crippen LogP contribution in [0.5, 0.6) is 0 Å². The topological polar surface area (TPSA) is 99.8 Å². The van der Waals surface area contributed by atoms with Crippen molar-refractivity contribution in [2.75, 3.05) is 5.32 Å². The summed E-state index contributed by atoms with van der Waals surface area (Å²) in [6.45, 7) is 4.10. The summed E-state index contributed by atoms with van der Waals surface area (Å²) in [4.78, 5) is 24.9. The number of carbonyl (C=O) groups excluding carboxylic acids is 2. The third-order valence-corrected chi connectivity index (χ3v) is 3.93. The van der Waals surface area contributed by atoms with Gasteiger partial charge < -0.3 is 10.6 Å². The lowest BCUT2D eigenvalue weighted by Gasteiger charge is -2.11. The number of nitrogens with zero attached hydrogens (tertiary/aromatic N) is 2. The zero-order valence-corrected chi connectivity index (χ0v) is 14.5. The van der Waals surface area contributed by atoms with Crippen LogP contribution >= 0.6 is 0 Å². The lowest BCUT2D eigenvalue weighted by molar-refractivity contribution is 0.0952. The van der Waals surface area contributed by atoms with Crippen LogP contribution in [0.15, 0.2) is 48.5 Å². The van der Waals surface area contributed by atoms with E-state index in [1.807, 2.05) is 31.2 Å². The first-order valence-corrected chi connectivity index (χ1v) is 8.16. The molecular formula is C19H19N5O2. The Labute approximate surface area is 150 Å². The quantitative estimate of drug-likeness (QED) is 0.659. The van der Waals surface area contributed by atoms with Crippen molar-refractivity contribution >= 4 is 17.5 Å². The predicted octanol–water partition coefficient (Wildman–Crippen LogP) is 2.60. The summed E-state index contributed by atoms with van der Waals surface area (Å²) in [5, 5.41) is 15.6. The highest BCUT2D eigenvalue weighted by molar-refractivity contribution is 6.08. The van der Waals surface area contributed by atoms with E-state index in [0.29, 0.717) is 23.5 Å². The van der Waals surface area contributed by atoms with Gasteiger partial charge in [-0.1, -0.05) is 42.0 Å². The molecular weight excluding hydrogens is 330 g/mol. The second kappa shape index (κ2) is 7.60. The summed E-state index contributed by atoms with van der Waals surface area (Å²) in [6.07, 6.45) is 0. The van der Waals surface area contributed by atoms with Crippen LogP contribution in [0, 0.1) is 13.8 Å². The predicted molar refractivity (Wildman–Crippen MR) is 97.9 cm³/mol. The van der Waals surface area contributed by atoms with Crippen LogP contribution in [0.25, 0.3) is 0 Å². The van der Waals surface area contributed by atoms with Gasteiger partial charge in [0.2, 0.25) is 0 Å². The average Bonchev–Trinajstić information content (AvgIpc) is 3.07. The Morgan fingerprint density at radius 3 is 2.38 bits per heavy atom. The third kappa shape index (κ3) is 3.94. The van der Waals surface area contributed by atoms with Gasteiger partial charge in [0.25, 0.3) is 11.8 Å². The number of nitrogens with one attached hydrogen (secondary N) is 3. The zero-order chi connectivity index (χ0) is 18.5. The summed E-state index contributed by atoms with van der Waals surface area (Å²) in [5.41, 5.74) is 3.65. The van der Waals surface area contributed by atoms with Crippen LogP contribution in [-0.4, -0.2) is 27.2 Å². The number of benzene rings is 2. The number of carbonyl (C=O) groups is 2. The van der Waals surface area contributed by atoms with E-state index in [1.54, 1.807) is 31.2 Å². The molecule has 0 bridgehead atoms. The Morgan fingerprint density at radius 2 is 1.69 bits per heavy atom. The summed E-state index contributed by atoms with van der Waals surface area (Å²) >= 11 is 0. The van der Waals surface area contributed by atoms with Crippen LogP contribution < -0.4 is 10.6 Å². The van der Waals surface area contributed by atoms with Crippen LogP contribution in [0.1, 0.15) is 37.7 Å². The number of para-hydroxylation sites is 1. The summed E-state index contributed by atoms with van der Waals surface area (Å²) in [7, 11) is 0. The summed E-state index contributed by atoms with van der Waals surface area (Å²) in [6, 6.07) is 14.8. The first kappa shape index (κ1) is 17.3. The van der Waals surface area contributed by atoms with Crippen molar-refractivity contribution in [3.8, 4) is 0 Å².